The Kier molecular flexibility index (Phi) is 7.43. The van der Waals surface area contributed by atoms with Crippen molar-refractivity contribution in [2.24, 2.45) is 0 Å². The fourth-order valence-corrected chi connectivity index (χ4v) is 2.49. The van der Waals surface area contributed by atoms with E-state index in [0.717, 1.165) is 17.7 Å². The van der Waals surface area contributed by atoms with Gasteiger partial charge in [-0.2, -0.15) is 13.2 Å². The topological polar surface area (TPSA) is 67.4 Å². The Morgan fingerprint density at radius 2 is 1.64 bits per heavy atom. The normalized spacial score (nSPS) is 12.1. The number of carbonyl (C=O) groups is 2. The van der Waals surface area contributed by atoms with Gasteiger partial charge in [0.05, 0.1) is 5.56 Å². The van der Waals surface area contributed by atoms with Gasteiger partial charge in [-0.15, -0.1) is 0 Å². The zero-order valence-electron chi connectivity index (χ0n) is 15.3. The molecule has 1 unspecified atom stereocenters. The van der Waals surface area contributed by atoms with Gasteiger partial charge in [0.15, 0.2) is 0 Å². The summed E-state index contributed by atoms with van der Waals surface area (Å²) in [4.78, 5) is 23.5. The van der Waals surface area contributed by atoms with E-state index in [4.69, 9.17) is 4.74 Å². The first-order chi connectivity index (χ1) is 13.2. The van der Waals surface area contributed by atoms with Crippen molar-refractivity contribution < 1.29 is 27.5 Å². The molecule has 0 aliphatic heterocycles. The van der Waals surface area contributed by atoms with Crippen LogP contribution in [0.15, 0.2) is 54.6 Å². The third kappa shape index (κ3) is 7.30. The number of rotatable bonds is 7. The highest BCUT2D eigenvalue weighted by atomic mass is 19.4. The van der Waals surface area contributed by atoms with Crippen LogP contribution in [0.3, 0.4) is 0 Å². The lowest BCUT2D eigenvalue weighted by Gasteiger charge is -2.15. The van der Waals surface area contributed by atoms with Crippen LogP contribution in [-0.4, -0.2) is 24.6 Å². The van der Waals surface area contributed by atoms with Gasteiger partial charge >= 0.3 is 12.3 Å². The van der Waals surface area contributed by atoms with Crippen molar-refractivity contribution in [3.63, 3.8) is 0 Å². The summed E-state index contributed by atoms with van der Waals surface area (Å²) in [7, 11) is 0. The summed E-state index contributed by atoms with van der Waals surface area (Å²) in [5.41, 5.74) is 0.773. The molecule has 0 spiro atoms. The summed E-state index contributed by atoms with van der Waals surface area (Å²) < 4.78 is 42.7. The van der Waals surface area contributed by atoms with E-state index < -0.39 is 23.7 Å². The molecule has 150 valence electrons. The Morgan fingerprint density at radius 1 is 1.00 bits per heavy atom. The van der Waals surface area contributed by atoms with Crippen LogP contribution in [0.5, 0.6) is 0 Å². The fraction of sp³-hybridized carbons (Fsp3) is 0.300. The van der Waals surface area contributed by atoms with Crippen LogP contribution in [0, 0.1) is 0 Å². The number of hydrogen-bond donors (Lipinski definition) is 2. The molecule has 8 heteroatoms. The van der Waals surface area contributed by atoms with Gasteiger partial charge in [0.1, 0.15) is 13.2 Å². The first kappa shape index (κ1) is 21.3. The van der Waals surface area contributed by atoms with Gasteiger partial charge in [-0.1, -0.05) is 42.5 Å². The molecule has 0 aliphatic carbocycles. The predicted molar refractivity (Wildman–Crippen MR) is 97.4 cm³/mol. The molecule has 1 atom stereocenters. The number of nitrogens with one attached hydrogen (secondary N) is 2. The lowest BCUT2D eigenvalue weighted by atomic mass is 10.0. The number of ether oxygens (including phenoxy) is 1. The number of alkyl halides is 3. The second-order valence-electron chi connectivity index (χ2n) is 6.28. The standard InChI is InChI=1S/C20H21F3N2O3/c1-14(11-15-7-9-17(10-8-15)20(21,22)23)25-18(26)12-24-19(27)28-13-16-5-3-2-4-6-16/h2-10,14H,11-13H2,1H3,(H,24,27)(H,25,26). The van der Waals surface area contributed by atoms with Gasteiger partial charge < -0.3 is 15.4 Å². The van der Waals surface area contributed by atoms with Crippen molar-refractivity contribution in [3.05, 3.63) is 71.3 Å². The molecule has 2 aromatic carbocycles. The van der Waals surface area contributed by atoms with E-state index in [2.05, 4.69) is 10.6 Å². The van der Waals surface area contributed by atoms with E-state index in [0.29, 0.717) is 12.0 Å². The Morgan fingerprint density at radius 3 is 2.25 bits per heavy atom. The maximum Gasteiger partial charge on any atom is 0.416 e. The number of amides is 2. The van der Waals surface area contributed by atoms with Crippen LogP contribution in [0.4, 0.5) is 18.0 Å². The van der Waals surface area contributed by atoms with Crippen molar-refractivity contribution >= 4 is 12.0 Å². The second-order valence-corrected chi connectivity index (χ2v) is 6.28. The van der Waals surface area contributed by atoms with E-state index in [1.165, 1.54) is 12.1 Å². The summed E-state index contributed by atoms with van der Waals surface area (Å²) in [6.07, 6.45) is -4.73. The van der Waals surface area contributed by atoms with Crippen molar-refractivity contribution in [3.8, 4) is 0 Å². The predicted octanol–water partition coefficient (Wildman–Crippen LogP) is 3.68. The van der Waals surface area contributed by atoms with E-state index in [9.17, 15) is 22.8 Å². The monoisotopic (exact) mass is 394 g/mol. The lowest BCUT2D eigenvalue weighted by Crippen LogP contribution is -2.41. The Hall–Kier alpha value is -3.03. The van der Waals surface area contributed by atoms with Crippen LogP contribution in [0.25, 0.3) is 0 Å². The molecular formula is C20H21F3N2O3. The van der Waals surface area contributed by atoms with Crippen molar-refractivity contribution in [2.45, 2.75) is 32.2 Å². The van der Waals surface area contributed by atoms with E-state index in [1.54, 1.807) is 6.92 Å². The minimum absolute atomic E-state index is 0.0958. The quantitative estimate of drug-likeness (QED) is 0.753. The fourth-order valence-electron chi connectivity index (χ4n) is 2.49. The number of alkyl carbamates (subject to hydrolysis) is 1. The van der Waals surface area contributed by atoms with E-state index in [1.807, 2.05) is 30.3 Å². The molecule has 0 saturated heterocycles. The summed E-state index contributed by atoms with van der Waals surface area (Å²) in [5.74, 6) is -0.420. The maximum absolute atomic E-state index is 12.6. The maximum atomic E-state index is 12.6. The average Bonchev–Trinajstić information content (AvgIpc) is 2.65. The largest absolute Gasteiger partial charge is 0.445 e. The smallest absolute Gasteiger partial charge is 0.416 e. The third-order valence-electron chi connectivity index (χ3n) is 3.84. The van der Waals surface area contributed by atoms with Gasteiger partial charge in [0.25, 0.3) is 0 Å². The van der Waals surface area contributed by atoms with E-state index in [-0.39, 0.29) is 19.2 Å². The number of hydrogen-bond acceptors (Lipinski definition) is 3. The minimum Gasteiger partial charge on any atom is -0.445 e. The molecule has 0 fully saturated rings. The van der Waals surface area contributed by atoms with E-state index >= 15 is 0 Å². The molecule has 0 aliphatic rings. The van der Waals surface area contributed by atoms with Crippen LogP contribution in [0.2, 0.25) is 0 Å². The highest BCUT2D eigenvalue weighted by Crippen LogP contribution is 2.29. The van der Waals surface area contributed by atoms with Crippen LogP contribution < -0.4 is 10.6 Å². The molecule has 2 rings (SSSR count). The molecule has 28 heavy (non-hydrogen) atoms. The Balaban J connectivity index is 1.69. The first-order valence-corrected chi connectivity index (χ1v) is 8.64. The molecule has 5 nitrogen and oxygen atoms in total. The third-order valence-corrected chi connectivity index (χ3v) is 3.84. The molecule has 0 bridgehead atoms. The molecule has 2 amide bonds. The number of halogens is 3. The van der Waals surface area contributed by atoms with Gasteiger partial charge in [0, 0.05) is 6.04 Å². The van der Waals surface area contributed by atoms with Crippen molar-refractivity contribution in [1.29, 1.82) is 0 Å². The minimum atomic E-state index is -4.38. The van der Waals surface area contributed by atoms with Gasteiger partial charge in [-0.05, 0) is 36.6 Å². The highest BCUT2D eigenvalue weighted by Gasteiger charge is 2.29. The molecule has 0 saturated carbocycles. The molecule has 2 N–H and O–H groups in total. The number of carbonyl (C=O) groups excluding carboxylic acids is 2. The summed E-state index contributed by atoms with van der Waals surface area (Å²) in [6, 6.07) is 13.6. The van der Waals surface area contributed by atoms with Crippen LogP contribution >= 0.6 is 0 Å². The molecule has 2 aromatic rings. The zero-order chi connectivity index (χ0) is 20.6. The molecule has 0 radical (unpaired) electrons. The summed E-state index contributed by atoms with van der Waals surface area (Å²) >= 11 is 0. The highest BCUT2D eigenvalue weighted by molar-refractivity contribution is 5.82. The number of benzene rings is 2. The van der Waals surface area contributed by atoms with Crippen molar-refractivity contribution in [1.82, 2.24) is 10.6 Å². The SMILES string of the molecule is CC(Cc1ccc(C(F)(F)F)cc1)NC(=O)CNC(=O)OCc1ccccc1. The lowest BCUT2D eigenvalue weighted by molar-refractivity contribution is -0.137. The molecular weight excluding hydrogens is 373 g/mol. The first-order valence-electron chi connectivity index (χ1n) is 8.64. The van der Waals surface area contributed by atoms with Crippen LogP contribution in [-0.2, 0) is 28.7 Å². The zero-order valence-corrected chi connectivity index (χ0v) is 15.3. The summed E-state index contributed by atoms with van der Waals surface area (Å²) in [6.45, 7) is 1.56. The average molecular weight is 394 g/mol. The molecule has 0 aromatic heterocycles. The van der Waals surface area contributed by atoms with Gasteiger partial charge in [0.2, 0.25) is 5.91 Å². The second kappa shape index (κ2) is 9.77. The Bertz CT molecular complexity index is 778. The van der Waals surface area contributed by atoms with Gasteiger partial charge in [-0.3, -0.25) is 4.79 Å². The summed E-state index contributed by atoms with van der Waals surface area (Å²) in [5, 5.41) is 5.02. The Labute approximate surface area is 160 Å². The van der Waals surface area contributed by atoms with Crippen molar-refractivity contribution in [2.75, 3.05) is 6.54 Å². The van der Waals surface area contributed by atoms with Crippen LogP contribution in [0.1, 0.15) is 23.6 Å². The molecule has 0 heterocycles. The van der Waals surface area contributed by atoms with Gasteiger partial charge in [-0.25, -0.2) is 4.79 Å².